The van der Waals surface area contributed by atoms with Crippen LogP contribution in [-0.4, -0.2) is 50.3 Å². The molecule has 0 bridgehead atoms. The van der Waals surface area contributed by atoms with Gasteiger partial charge in [0.15, 0.2) is 0 Å². The van der Waals surface area contributed by atoms with Crippen LogP contribution in [0.3, 0.4) is 0 Å². The highest BCUT2D eigenvalue weighted by molar-refractivity contribution is 4.91. The smallest absolute Gasteiger partial charge is 0.0730 e. The topological polar surface area (TPSA) is 47.9 Å². The van der Waals surface area contributed by atoms with Crippen LogP contribution in [0.1, 0.15) is 32.6 Å². The molecule has 2 aliphatic rings. The summed E-state index contributed by atoms with van der Waals surface area (Å²) in [7, 11) is 1.69. The van der Waals surface area contributed by atoms with Gasteiger partial charge >= 0.3 is 0 Å². The predicted octanol–water partition coefficient (Wildman–Crippen LogP) is 1.61. The highest BCUT2D eigenvalue weighted by Gasteiger charge is 2.41. The van der Waals surface area contributed by atoms with E-state index < -0.39 is 0 Å². The van der Waals surface area contributed by atoms with Crippen molar-refractivity contribution in [1.82, 2.24) is 0 Å². The van der Waals surface area contributed by atoms with Gasteiger partial charge in [-0.15, -0.1) is 0 Å². The summed E-state index contributed by atoms with van der Waals surface area (Å²) in [5.41, 5.74) is -0.0328. The van der Waals surface area contributed by atoms with Crippen molar-refractivity contribution >= 4 is 0 Å². The normalized spacial score (nSPS) is 31.2. The van der Waals surface area contributed by atoms with E-state index >= 15 is 0 Å². The number of rotatable bonds is 4. The third-order valence-corrected chi connectivity index (χ3v) is 4.43. The second kappa shape index (κ2) is 6.33. The van der Waals surface area contributed by atoms with Crippen LogP contribution in [0.15, 0.2) is 0 Å². The van der Waals surface area contributed by atoms with Crippen LogP contribution >= 0.6 is 0 Å². The molecule has 0 aliphatic carbocycles. The van der Waals surface area contributed by atoms with E-state index in [1.165, 1.54) is 0 Å². The molecule has 2 heterocycles. The van der Waals surface area contributed by atoms with Crippen LogP contribution in [0.5, 0.6) is 0 Å². The Morgan fingerprint density at radius 2 is 2.06 bits per heavy atom. The summed E-state index contributed by atoms with van der Waals surface area (Å²) < 4.78 is 16.6. The lowest BCUT2D eigenvalue weighted by atomic mass is 9.76. The lowest BCUT2D eigenvalue weighted by molar-refractivity contribution is -0.163. The van der Waals surface area contributed by atoms with E-state index in [4.69, 9.17) is 14.2 Å². The van der Waals surface area contributed by atoms with Gasteiger partial charge in [0.25, 0.3) is 0 Å². The lowest BCUT2D eigenvalue weighted by Gasteiger charge is -2.45. The molecule has 0 aromatic rings. The third-order valence-electron chi connectivity index (χ3n) is 4.43. The Bertz CT molecular complexity index is 245. The molecule has 1 N–H and O–H groups in total. The average molecular weight is 258 g/mol. The molecule has 1 spiro atoms. The first-order chi connectivity index (χ1) is 8.67. The van der Waals surface area contributed by atoms with Gasteiger partial charge in [-0.05, 0) is 31.6 Å². The molecule has 2 saturated heterocycles. The SMILES string of the molecule is COCC(C)C(O)C1CCOC2(CCOCC2)C1. The largest absolute Gasteiger partial charge is 0.392 e. The summed E-state index contributed by atoms with van der Waals surface area (Å²) in [6.07, 6.45) is 3.57. The van der Waals surface area contributed by atoms with Crippen LogP contribution in [-0.2, 0) is 14.2 Å². The number of ether oxygens (including phenoxy) is 3. The van der Waals surface area contributed by atoms with E-state index in [2.05, 4.69) is 6.92 Å². The summed E-state index contributed by atoms with van der Waals surface area (Å²) in [5.74, 6) is 0.525. The van der Waals surface area contributed by atoms with Crippen molar-refractivity contribution in [2.45, 2.75) is 44.3 Å². The molecule has 0 amide bonds. The van der Waals surface area contributed by atoms with E-state index in [1.807, 2.05) is 0 Å². The molecule has 4 heteroatoms. The number of methoxy groups -OCH3 is 1. The van der Waals surface area contributed by atoms with E-state index in [9.17, 15) is 5.11 Å². The van der Waals surface area contributed by atoms with Crippen molar-refractivity contribution in [2.75, 3.05) is 33.5 Å². The van der Waals surface area contributed by atoms with Gasteiger partial charge in [-0.1, -0.05) is 6.92 Å². The molecule has 3 unspecified atom stereocenters. The standard InChI is InChI=1S/C14H26O4/c1-11(10-16-2)13(15)12-3-6-18-14(9-12)4-7-17-8-5-14/h11-13,15H,3-10H2,1-2H3. The van der Waals surface area contributed by atoms with Gasteiger partial charge in [0, 0.05) is 32.8 Å². The van der Waals surface area contributed by atoms with E-state index in [1.54, 1.807) is 7.11 Å². The number of aliphatic hydroxyl groups excluding tert-OH is 1. The Balaban J connectivity index is 1.93. The Labute approximate surface area is 110 Å². The number of hydrogen-bond donors (Lipinski definition) is 1. The molecule has 0 radical (unpaired) electrons. The predicted molar refractivity (Wildman–Crippen MR) is 68.5 cm³/mol. The van der Waals surface area contributed by atoms with Gasteiger partial charge in [0.05, 0.1) is 18.3 Å². The monoisotopic (exact) mass is 258 g/mol. The Morgan fingerprint density at radius 1 is 1.33 bits per heavy atom. The molecule has 3 atom stereocenters. The van der Waals surface area contributed by atoms with Gasteiger partial charge in [-0.3, -0.25) is 0 Å². The Hall–Kier alpha value is -0.160. The zero-order valence-corrected chi connectivity index (χ0v) is 11.6. The molecule has 106 valence electrons. The highest BCUT2D eigenvalue weighted by Crippen LogP contribution is 2.39. The summed E-state index contributed by atoms with van der Waals surface area (Å²) in [6.45, 7) is 5.02. The second-order valence-electron chi connectivity index (χ2n) is 5.82. The van der Waals surface area contributed by atoms with Crippen LogP contribution in [0.4, 0.5) is 0 Å². The van der Waals surface area contributed by atoms with Crippen LogP contribution in [0.2, 0.25) is 0 Å². The minimum Gasteiger partial charge on any atom is -0.392 e. The highest BCUT2D eigenvalue weighted by atomic mass is 16.5. The van der Waals surface area contributed by atoms with Crippen molar-refractivity contribution in [2.24, 2.45) is 11.8 Å². The maximum atomic E-state index is 10.4. The molecule has 2 rings (SSSR count). The van der Waals surface area contributed by atoms with Crippen molar-refractivity contribution in [3.63, 3.8) is 0 Å². The summed E-state index contributed by atoms with van der Waals surface area (Å²) in [4.78, 5) is 0. The van der Waals surface area contributed by atoms with Crippen LogP contribution in [0.25, 0.3) is 0 Å². The van der Waals surface area contributed by atoms with Gasteiger partial charge < -0.3 is 19.3 Å². The van der Waals surface area contributed by atoms with Gasteiger partial charge in [-0.25, -0.2) is 0 Å². The Kier molecular flexibility index (Phi) is 5.01. The molecule has 2 fully saturated rings. The zero-order valence-electron chi connectivity index (χ0n) is 11.6. The van der Waals surface area contributed by atoms with Crippen LogP contribution < -0.4 is 0 Å². The third kappa shape index (κ3) is 3.23. The first-order valence-corrected chi connectivity index (χ1v) is 7.05. The fraction of sp³-hybridized carbons (Fsp3) is 1.00. The Morgan fingerprint density at radius 3 is 2.72 bits per heavy atom. The summed E-state index contributed by atoms with van der Waals surface area (Å²) >= 11 is 0. The number of hydrogen-bond acceptors (Lipinski definition) is 4. The van der Waals surface area contributed by atoms with Gasteiger partial charge in [0.1, 0.15) is 0 Å². The fourth-order valence-corrected chi connectivity index (χ4v) is 3.28. The molecule has 18 heavy (non-hydrogen) atoms. The van der Waals surface area contributed by atoms with Crippen molar-refractivity contribution in [1.29, 1.82) is 0 Å². The fourth-order valence-electron chi connectivity index (χ4n) is 3.28. The van der Waals surface area contributed by atoms with Crippen molar-refractivity contribution in [3.8, 4) is 0 Å². The molecule has 2 aliphatic heterocycles. The van der Waals surface area contributed by atoms with E-state index in [0.717, 1.165) is 45.5 Å². The summed E-state index contributed by atoms with van der Waals surface area (Å²) in [5, 5.41) is 10.4. The molecule has 0 aromatic carbocycles. The minimum absolute atomic E-state index is 0.0328. The quantitative estimate of drug-likeness (QED) is 0.832. The zero-order chi connectivity index (χ0) is 13.0. The summed E-state index contributed by atoms with van der Waals surface area (Å²) in [6, 6.07) is 0. The van der Waals surface area contributed by atoms with Crippen LogP contribution in [0, 0.1) is 11.8 Å². The first kappa shape index (κ1) is 14.3. The van der Waals surface area contributed by atoms with Gasteiger partial charge in [0.2, 0.25) is 0 Å². The molecular formula is C14H26O4. The van der Waals surface area contributed by atoms with Crippen molar-refractivity contribution in [3.05, 3.63) is 0 Å². The van der Waals surface area contributed by atoms with Gasteiger partial charge in [-0.2, -0.15) is 0 Å². The van der Waals surface area contributed by atoms with Crippen molar-refractivity contribution < 1.29 is 19.3 Å². The molecule has 4 nitrogen and oxygen atoms in total. The lowest BCUT2D eigenvalue weighted by Crippen LogP contribution is -2.47. The first-order valence-electron chi connectivity index (χ1n) is 7.05. The molecule has 0 saturated carbocycles. The average Bonchev–Trinajstić information content (AvgIpc) is 2.39. The van der Waals surface area contributed by atoms with E-state index in [-0.39, 0.29) is 17.6 Å². The second-order valence-corrected chi connectivity index (χ2v) is 5.82. The number of aliphatic hydroxyl groups is 1. The minimum atomic E-state index is -0.284. The van der Waals surface area contributed by atoms with E-state index in [0.29, 0.717) is 12.5 Å². The molecular weight excluding hydrogens is 232 g/mol. The maximum absolute atomic E-state index is 10.4. The molecule has 0 aromatic heterocycles. The maximum Gasteiger partial charge on any atom is 0.0730 e.